The van der Waals surface area contributed by atoms with Crippen LogP contribution in [0.3, 0.4) is 0 Å². The number of hydrogen-bond acceptors (Lipinski definition) is 4. The van der Waals surface area contributed by atoms with Crippen molar-refractivity contribution in [3.8, 4) is 17.2 Å². The van der Waals surface area contributed by atoms with Gasteiger partial charge in [-0.15, -0.1) is 0 Å². The lowest BCUT2D eigenvalue weighted by atomic mass is 9.96. The van der Waals surface area contributed by atoms with Gasteiger partial charge < -0.3 is 16.0 Å². The molecular formula is C24H26N4. The smallest absolute Gasteiger partial charge is 0.0991 e. The third-order valence-electron chi connectivity index (χ3n) is 6.06. The van der Waals surface area contributed by atoms with E-state index in [0.29, 0.717) is 12.0 Å². The number of hydrogen-bond donors (Lipinski definition) is 3. The van der Waals surface area contributed by atoms with Crippen molar-refractivity contribution in [2.24, 2.45) is 0 Å². The predicted molar refractivity (Wildman–Crippen MR) is 114 cm³/mol. The Kier molecular flexibility index (Phi) is 4.54. The highest BCUT2D eigenvalue weighted by atomic mass is 15.0. The molecule has 4 nitrogen and oxygen atoms in total. The third kappa shape index (κ3) is 3.50. The SMILES string of the molecule is N#Cc1cc(-c2cc(NC3CCNCC3)c3c(c2)=CCNC=3)cc(C2CC2)c1. The summed E-state index contributed by atoms with van der Waals surface area (Å²) in [6.45, 7) is 3.00. The first-order valence-corrected chi connectivity index (χ1v) is 10.4. The minimum absolute atomic E-state index is 0.503. The summed E-state index contributed by atoms with van der Waals surface area (Å²) in [5.74, 6) is 0.640. The Bertz CT molecular complexity index is 1050. The van der Waals surface area contributed by atoms with E-state index in [1.54, 1.807) is 0 Å². The van der Waals surface area contributed by atoms with E-state index in [0.717, 1.165) is 43.6 Å². The van der Waals surface area contributed by atoms with Crippen LogP contribution in [0, 0.1) is 11.3 Å². The molecule has 0 bridgehead atoms. The molecule has 142 valence electrons. The van der Waals surface area contributed by atoms with Crippen LogP contribution < -0.4 is 26.4 Å². The second-order valence-electron chi connectivity index (χ2n) is 8.18. The molecule has 4 heteroatoms. The van der Waals surface area contributed by atoms with E-state index in [4.69, 9.17) is 0 Å². The first kappa shape index (κ1) is 17.3. The predicted octanol–water partition coefficient (Wildman–Crippen LogP) is 2.39. The van der Waals surface area contributed by atoms with Gasteiger partial charge in [0.15, 0.2) is 0 Å². The zero-order valence-electron chi connectivity index (χ0n) is 16.1. The van der Waals surface area contributed by atoms with Crippen molar-refractivity contribution in [2.75, 3.05) is 25.0 Å². The van der Waals surface area contributed by atoms with Crippen LogP contribution in [0.4, 0.5) is 5.69 Å². The second-order valence-corrected chi connectivity index (χ2v) is 8.18. The molecule has 2 heterocycles. The summed E-state index contributed by atoms with van der Waals surface area (Å²) in [6.07, 6.45) is 9.16. The lowest BCUT2D eigenvalue weighted by molar-refractivity contribution is 0.479. The number of fused-ring (bicyclic) bond motifs is 1. The Hall–Kier alpha value is -2.77. The number of rotatable bonds is 4. The number of nitriles is 1. The Balaban J connectivity index is 1.60. The maximum absolute atomic E-state index is 9.51. The monoisotopic (exact) mass is 370 g/mol. The van der Waals surface area contributed by atoms with E-state index in [1.807, 2.05) is 6.07 Å². The molecule has 28 heavy (non-hydrogen) atoms. The largest absolute Gasteiger partial charge is 0.387 e. The van der Waals surface area contributed by atoms with Gasteiger partial charge in [-0.05, 0) is 90.9 Å². The molecule has 3 N–H and O–H groups in total. The highest BCUT2D eigenvalue weighted by molar-refractivity contribution is 5.72. The van der Waals surface area contributed by atoms with Gasteiger partial charge in [-0.2, -0.15) is 5.26 Å². The average Bonchev–Trinajstić information content (AvgIpc) is 3.59. The molecule has 1 saturated heterocycles. The van der Waals surface area contributed by atoms with E-state index < -0.39 is 0 Å². The van der Waals surface area contributed by atoms with Crippen molar-refractivity contribution >= 4 is 18.0 Å². The van der Waals surface area contributed by atoms with Crippen LogP contribution in [-0.4, -0.2) is 25.7 Å². The standard InChI is InChI=1S/C24H26N4/c25-14-16-9-19(17-1-2-17)12-20(10-16)21-11-18-3-6-27-15-23(18)24(13-21)28-22-4-7-26-8-5-22/h3,9-13,15,17,22,26-28H,1-2,4-8H2. The van der Waals surface area contributed by atoms with E-state index in [-0.39, 0.29) is 0 Å². The molecule has 0 radical (unpaired) electrons. The Labute approximate surface area is 166 Å². The maximum atomic E-state index is 9.51. The zero-order chi connectivity index (χ0) is 18.9. The van der Waals surface area contributed by atoms with Gasteiger partial charge >= 0.3 is 0 Å². The van der Waals surface area contributed by atoms with Gasteiger partial charge in [-0.1, -0.05) is 12.1 Å². The quantitative estimate of drug-likeness (QED) is 0.773. The highest BCUT2D eigenvalue weighted by Gasteiger charge is 2.24. The van der Waals surface area contributed by atoms with Crippen molar-refractivity contribution < 1.29 is 0 Å². The van der Waals surface area contributed by atoms with Gasteiger partial charge in [-0.25, -0.2) is 0 Å². The summed E-state index contributed by atoms with van der Waals surface area (Å²) in [6, 6.07) is 13.8. The Morgan fingerprint density at radius 3 is 2.57 bits per heavy atom. The number of nitrogens with zero attached hydrogens (tertiary/aromatic N) is 1. The van der Waals surface area contributed by atoms with Crippen molar-refractivity contribution in [3.05, 3.63) is 51.9 Å². The van der Waals surface area contributed by atoms with Crippen LogP contribution in [0.5, 0.6) is 0 Å². The first-order valence-electron chi connectivity index (χ1n) is 10.4. The van der Waals surface area contributed by atoms with Crippen molar-refractivity contribution in [3.63, 3.8) is 0 Å². The topological polar surface area (TPSA) is 59.9 Å². The van der Waals surface area contributed by atoms with Crippen molar-refractivity contribution in [2.45, 2.75) is 37.6 Å². The van der Waals surface area contributed by atoms with Gasteiger partial charge in [0, 0.05) is 29.7 Å². The molecule has 2 fully saturated rings. The second kappa shape index (κ2) is 7.33. The van der Waals surface area contributed by atoms with Crippen molar-refractivity contribution in [1.29, 1.82) is 5.26 Å². The summed E-state index contributed by atoms with van der Waals surface area (Å²) in [7, 11) is 0. The summed E-state index contributed by atoms with van der Waals surface area (Å²) >= 11 is 0. The lowest BCUT2D eigenvalue weighted by Crippen LogP contribution is -2.40. The summed E-state index contributed by atoms with van der Waals surface area (Å²) < 4.78 is 0. The number of piperidine rings is 1. The molecular weight excluding hydrogens is 344 g/mol. The van der Waals surface area contributed by atoms with Gasteiger partial charge in [0.05, 0.1) is 11.6 Å². The van der Waals surface area contributed by atoms with Gasteiger partial charge in [0.1, 0.15) is 0 Å². The van der Waals surface area contributed by atoms with Gasteiger partial charge in [-0.3, -0.25) is 0 Å². The van der Waals surface area contributed by atoms with Crippen LogP contribution in [0.2, 0.25) is 0 Å². The number of benzene rings is 2. The molecule has 0 spiro atoms. The fourth-order valence-corrected chi connectivity index (χ4v) is 4.34. The van der Waals surface area contributed by atoms with Crippen LogP contribution in [-0.2, 0) is 0 Å². The molecule has 2 aromatic carbocycles. The molecule has 1 aliphatic carbocycles. The summed E-state index contributed by atoms with van der Waals surface area (Å²) in [5.41, 5.74) is 5.63. The number of nitrogens with one attached hydrogen (secondary N) is 3. The van der Waals surface area contributed by atoms with Gasteiger partial charge in [0.25, 0.3) is 0 Å². The van der Waals surface area contributed by atoms with E-state index in [2.05, 4.69) is 58.6 Å². The summed E-state index contributed by atoms with van der Waals surface area (Å²) in [5, 5.41) is 22.6. The van der Waals surface area contributed by atoms with Crippen LogP contribution >= 0.6 is 0 Å². The summed E-state index contributed by atoms with van der Waals surface area (Å²) in [4.78, 5) is 0. The maximum Gasteiger partial charge on any atom is 0.0991 e. The fourth-order valence-electron chi connectivity index (χ4n) is 4.34. The normalized spacial score (nSPS) is 18.8. The Morgan fingerprint density at radius 1 is 0.964 bits per heavy atom. The average molecular weight is 371 g/mol. The fraction of sp³-hybridized carbons (Fsp3) is 0.375. The molecule has 3 aliphatic rings. The molecule has 0 aromatic heterocycles. The molecule has 0 atom stereocenters. The molecule has 0 unspecified atom stereocenters. The van der Waals surface area contributed by atoms with Crippen LogP contribution in [0.15, 0.2) is 30.3 Å². The van der Waals surface area contributed by atoms with Crippen molar-refractivity contribution in [1.82, 2.24) is 10.6 Å². The zero-order valence-corrected chi connectivity index (χ0v) is 16.1. The minimum Gasteiger partial charge on any atom is -0.387 e. The molecule has 2 aromatic rings. The molecule has 5 rings (SSSR count). The third-order valence-corrected chi connectivity index (χ3v) is 6.06. The molecule has 0 amide bonds. The minimum atomic E-state index is 0.503. The highest BCUT2D eigenvalue weighted by Crippen LogP contribution is 2.41. The van der Waals surface area contributed by atoms with E-state index in [9.17, 15) is 5.26 Å². The molecule has 2 aliphatic heterocycles. The van der Waals surface area contributed by atoms with Crippen LogP contribution in [0.1, 0.15) is 42.7 Å². The number of anilines is 1. The first-order chi connectivity index (χ1) is 13.8. The van der Waals surface area contributed by atoms with E-state index >= 15 is 0 Å². The lowest BCUT2D eigenvalue weighted by Gasteiger charge is -2.25. The van der Waals surface area contributed by atoms with E-state index in [1.165, 1.54) is 40.1 Å². The Morgan fingerprint density at radius 2 is 1.79 bits per heavy atom. The molecule has 1 saturated carbocycles. The van der Waals surface area contributed by atoms with Gasteiger partial charge in [0.2, 0.25) is 0 Å². The van der Waals surface area contributed by atoms with Crippen LogP contribution in [0.25, 0.3) is 23.4 Å².